The standard InChI is InChI=1S/C28H40N2O6/c1-6-10-19(2)13-20(3)11-8-7-9-12-27-29-25(18-35-27)28-30-24(17-36-28)26(34-5)16-23(33)15-22(32)14-21(4)31/h6-8,10,13,17-19,22-23,26,32-33H,9,11-12,14-16H2,1-5H3/b8-7+,10-6+,20-13-. The molecule has 0 saturated carbocycles. The molecule has 4 atom stereocenters. The van der Waals surface area contributed by atoms with E-state index in [0.29, 0.717) is 35.5 Å². The van der Waals surface area contributed by atoms with Gasteiger partial charge in [0.25, 0.3) is 0 Å². The van der Waals surface area contributed by atoms with Crippen LogP contribution in [0.2, 0.25) is 0 Å². The second-order valence-electron chi connectivity index (χ2n) is 9.23. The van der Waals surface area contributed by atoms with Crippen molar-refractivity contribution in [1.29, 1.82) is 0 Å². The van der Waals surface area contributed by atoms with Crippen molar-refractivity contribution in [2.45, 2.75) is 84.5 Å². The Balaban J connectivity index is 1.87. The predicted octanol–water partition coefficient (Wildman–Crippen LogP) is 5.54. The first-order chi connectivity index (χ1) is 17.2. The number of allylic oxidation sites excluding steroid dienone is 6. The zero-order valence-corrected chi connectivity index (χ0v) is 22.0. The van der Waals surface area contributed by atoms with E-state index in [2.05, 4.69) is 54.2 Å². The van der Waals surface area contributed by atoms with Gasteiger partial charge in [0.15, 0.2) is 11.6 Å². The van der Waals surface area contributed by atoms with Crippen LogP contribution >= 0.6 is 0 Å². The molecular formula is C28H40N2O6. The van der Waals surface area contributed by atoms with Crippen molar-refractivity contribution in [3.63, 3.8) is 0 Å². The second-order valence-corrected chi connectivity index (χ2v) is 9.23. The molecule has 2 aromatic rings. The van der Waals surface area contributed by atoms with Crippen molar-refractivity contribution < 1.29 is 28.6 Å². The molecule has 198 valence electrons. The first-order valence-corrected chi connectivity index (χ1v) is 12.4. The molecule has 2 rings (SSSR count). The third kappa shape index (κ3) is 10.4. The van der Waals surface area contributed by atoms with Gasteiger partial charge in [-0.2, -0.15) is 0 Å². The molecule has 2 N–H and O–H groups in total. The van der Waals surface area contributed by atoms with E-state index in [4.69, 9.17) is 13.6 Å². The highest BCUT2D eigenvalue weighted by Gasteiger charge is 2.23. The van der Waals surface area contributed by atoms with Gasteiger partial charge in [-0.15, -0.1) is 0 Å². The number of carbonyl (C=O) groups excluding carboxylic acids is 1. The Kier molecular flexibility index (Phi) is 12.5. The third-order valence-corrected chi connectivity index (χ3v) is 5.64. The van der Waals surface area contributed by atoms with Crippen LogP contribution in [0.4, 0.5) is 0 Å². The number of methoxy groups -OCH3 is 1. The van der Waals surface area contributed by atoms with E-state index in [1.54, 1.807) is 0 Å². The van der Waals surface area contributed by atoms with Crippen LogP contribution in [0.5, 0.6) is 0 Å². The number of aliphatic hydroxyl groups excluding tert-OH is 2. The lowest BCUT2D eigenvalue weighted by Crippen LogP contribution is -2.22. The number of Topliss-reactive ketones (excluding diaryl/α,β-unsaturated/α-hetero) is 1. The summed E-state index contributed by atoms with van der Waals surface area (Å²) in [4.78, 5) is 20.0. The number of hydrogen-bond acceptors (Lipinski definition) is 8. The maximum absolute atomic E-state index is 11.1. The molecule has 0 bridgehead atoms. The number of carbonyl (C=O) groups is 1. The lowest BCUT2D eigenvalue weighted by molar-refractivity contribution is -0.119. The molecule has 8 nitrogen and oxygen atoms in total. The summed E-state index contributed by atoms with van der Waals surface area (Å²) in [6.45, 7) is 7.75. The summed E-state index contributed by atoms with van der Waals surface area (Å²) in [5.41, 5.74) is 2.33. The molecule has 0 radical (unpaired) electrons. The van der Waals surface area contributed by atoms with Crippen LogP contribution in [0.25, 0.3) is 11.6 Å². The summed E-state index contributed by atoms with van der Waals surface area (Å²) in [5, 5.41) is 20.2. The largest absolute Gasteiger partial charge is 0.448 e. The monoisotopic (exact) mass is 500 g/mol. The number of aryl methyl sites for hydroxylation is 1. The van der Waals surface area contributed by atoms with Gasteiger partial charge in [-0.3, -0.25) is 4.79 Å². The normalized spacial score (nSPS) is 16.0. The molecule has 0 spiro atoms. The molecule has 0 saturated heterocycles. The third-order valence-electron chi connectivity index (χ3n) is 5.64. The molecule has 0 aliphatic heterocycles. The van der Waals surface area contributed by atoms with E-state index in [1.807, 2.05) is 6.92 Å². The van der Waals surface area contributed by atoms with E-state index in [9.17, 15) is 15.0 Å². The summed E-state index contributed by atoms with van der Waals surface area (Å²) in [6.07, 6.45) is 14.2. The highest BCUT2D eigenvalue weighted by molar-refractivity contribution is 5.75. The van der Waals surface area contributed by atoms with E-state index < -0.39 is 18.3 Å². The molecule has 0 aromatic carbocycles. The van der Waals surface area contributed by atoms with Crippen molar-refractivity contribution in [1.82, 2.24) is 9.97 Å². The van der Waals surface area contributed by atoms with Gasteiger partial charge < -0.3 is 23.8 Å². The molecule has 36 heavy (non-hydrogen) atoms. The fourth-order valence-electron chi connectivity index (χ4n) is 3.96. The fourth-order valence-corrected chi connectivity index (χ4v) is 3.96. The average Bonchev–Trinajstić information content (AvgIpc) is 3.46. The van der Waals surface area contributed by atoms with E-state index >= 15 is 0 Å². The Morgan fingerprint density at radius 2 is 1.89 bits per heavy atom. The number of aliphatic hydroxyl groups is 2. The molecule has 8 heteroatoms. The Hall–Kier alpha value is -2.81. The zero-order valence-electron chi connectivity index (χ0n) is 22.0. The van der Waals surface area contributed by atoms with Crippen LogP contribution in [0.15, 0.2) is 57.3 Å². The highest BCUT2D eigenvalue weighted by Crippen LogP contribution is 2.27. The summed E-state index contributed by atoms with van der Waals surface area (Å²) in [6, 6.07) is 0. The van der Waals surface area contributed by atoms with Gasteiger partial charge >= 0.3 is 0 Å². The predicted molar refractivity (Wildman–Crippen MR) is 138 cm³/mol. The minimum atomic E-state index is -0.890. The van der Waals surface area contributed by atoms with Crippen LogP contribution in [-0.2, 0) is 16.0 Å². The molecule has 0 aliphatic rings. The number of ether oxygens (including phenoxy) is 1. The Labute approximate surface area is 213 Å². The zero-order chi connectivity index (χ0) is 26.5. The van der Waals surface area contributed by atoms with E-state index in [1.165, 1.54) is 32.1 Å². The Bertz CT molecular complexity index is 1020. The number of aromatic nitrogens is 2. The van der Waals surface area contributed by atoms with Crippen molar-refractivity contribution in [2.24, 2.45) is 5.92 Å². The van der Waals surface area contributed by atoms with E-state index in [0.717, 1.165) is 12.8 Å². The number of rotatable bonds is 16. The summed E-state index contributed by atoms with van der Waals surface area (Å²) in [5.74, 6) is 1.22. The number of oxazole rings is 2. The number of nitrogens with zero attached hydrogens (tertiary/aromatic N) is 2. The maximum atomic E-state index is 11.1. The van der Waals surface area contributed by atoms with Crippen molar-refractivity contribution in [3.8, 4) is 11.6 Å². The lowest BCUT2D eigenvalue weighted by Gasteiger charge is -2.19. The quantitative estimate of drug-likeness (QED) is 0.289. The Morgan fingerprint density at radius 3 is 2.58 bits per heavy atom. The number of hydrogen-bond donors (Lipinski definition) is 2. The average molecular weight is 501 g/mol. The first kappa shape index (κ1) is 29.4. The van der Waals surface area contributed by atoms with Gasteiger partial charge in [0.05, 0.1) is 12.2 Å². The summed E-state index contributed by atoms with van der Waals surface area (Å²) in [7, 11) is 1.51. The maximum Gasteiger partial charge on any atom is 0.248 e. The van der Waals surface area contributed by atoms with Crippen LogP contribution in [0, 0.1) is 5.92 Å². The Morgan fingerprint density at radius 1 is 1.11 bits per heavy atom. The minimum Gasteiger partial charge on any atom is -0.448 e. The van der Waals surface area contributed by atoms with Crippen LogP contribution in [0.1, 0.15) is 77.5 Å². The molecule has 2 heterocycles. The van der Waals surface area contributed by atoms with Gasteiger partial charge in [-0.25, -0.2) is 9.97 Å². The van der Waals surface area contributed by atoms with E-state index in [-0.39, 0.29) is 25.0 Å². The van der Waals surface area contributed by atoms with Gasteiger partial charge in [0, 0.05) is 26.4 Å². The van der Waals surface area contributed by atoms with Gasteiger partial charge in [0.2, 0.25) is 5.89 Å². The summed E-state index contributed by atoms with van der Waals surface area (Å²) >= 11 is 0. The minimum absolute atomic E-state index is 0.0138. The smallest absolute Gasteiger partial charge is 0.248 e. The molecular weight excluding hydrogens is 460 g/mol. The van der Waals surface area contributed by atoms with Crippen LogP contribution in [0.3, 0.4) is 0 Å². The first-order valence-electron chi connectivity index (χ1n) is 12.4. The van der Waals surface area contributed by atoms with Crippen LogP contribution in [-0.4, -0.2) is 45.3 Å². The lowest BCUT2D eigenvalue weighted by atomic mass is 10.0. The van der Waals surface area contributed by atoms with Crippen molar-refractivity contribution in [3.05, 3.63) is 60.1 Å². The molecule has 2 aromatic heterocycles. The van der Waals surface area contributed by atoms with Crippen LogP contribution < -0.4 is 0 Å². The molecule has 0 amide bonds. The van der Waals surface area contributed by atoms with Gasteiger partial charge in [-0.1, -0.05) is 42.9 Å². The highest BCUT2D eigenvalue weighted by atomic mass is 16.5. The fraction of sp³-hybridized carbons (Fsp3) is 0.536. The molecule has 0 fully saturated rings. The molecule has 4 unspecified atom stereocenters. The van der Waals surface area contributed by atoms with Gasteiger partial charge in [-0.05, 0) is 46.0 Å². The van der Waals surface area contributed by atoms with Crippen molar-refractivity contribution in [2.75, 3.05) is 7.11 Å². The topological polar surface area (TPSA) is 119 Å². The summed E-state index contributed by atoms with van der Waals surface area (Å²) < 4.78 is 16.6. The SMILES string of the molecule is C/C=C/C(C)/C=C(/C)C/C=C/CCc1nc(-c2nc(C(CC(O)CC(O)CC(C)=O)OC)co2)co1. The van der Waals surface area contributed by atoms with Crippen molar-refractivity contribution >= 4 is 5.78 Å². The second kappa shape index (κ2) is 15.3. The molecule has 0 aliphatic carbocycles. The number of ketones is 1. The van der Waals surface area contributed by atoms with Gasteiger partial charge in [0.1, 0.15) is 30.1 Å².